The normalized spacial score (nSPS) is 20.6. The molecule has 0 aliphatic carbocycles. The van der Waals surface area contributed by atoms with Gasteiger partial charge in [-0.25, -0.2) is 4.98 Å². The van der Waals surface area contributed by atoms with Crippen molar-refractivity contribution in [3.05, 3.63) is 24.3 Å². The second kappa shape index (κ2) is 5.46. The number of hydrogen-bond acceptors (Lipinski definition) is 6. The first-order valence-corrected chi connectivity index (χ1v) is 6.45. The summed E-state index contributed by atoms with van der Waals surface area (Å²) < 4.78 is 5.68. The van der Waals surface area contributed by atoms with E-state index in [1.807, 2.05) is 24.3 Å². The van der Waals surface area contributed by atoms with Gasteiger partial charge in [0.05, 0.1) is 18.2 Å². The van der Waals surface area contributed by atoms with E-state index in [0.717, 1.165) is 30.7 Å². The highest BCUT2D eigenvalue weighted by molar-refractivity contribution is 5.73. The van der Waals surface area contributed by atoms with Crippen LogP contribution in [-0.4, -0.2) is 59.5 Å². The second-order valence-electron chi connectivity index (χ2n) is 4.76. The van der Waals surface area contributed by atoms with Gasteiger partial charge in [-0.1, -0.05) is 12.1 Å². The molecule has 0 spiro atoms. The largest absolute Gasteiger partial charge is 0.374 e. The lowest BCUT2D eigenvalue weighted by molar-refractivity contribution is -0.0118. The van der Waals surface area contributed by atoms with Crippen molar-refractivity contribution in [2.24, 2.45) is 0 Å². The Morgan fingerprint density at radius 3 is 3.00 bits per heavy atom. The van der Waals surface area contributed by atoms with Gasteiger partial charge in [0.25, 0.3) is 0 Å². The molecule has 19 heavy (non-hydrogen) atoms. The van der Waals surface area contributed by atoms with Crippen LogP contribution in [0.2, 0.25) is 0 Å². The van der Waals surface area contributed by atoms with Crippen LogP contribution in [0, 0.1) is 0 Å². The number of aromatic nitrogens is 3. The van der Waals surface area contributed by atoms with Gasteiger partial charge in [0.2, 0.25) is 5.95 Å². The minimum Gasteiger partial charge on any atom is -0.374 e. The summed E-state index contributed by atoms with van der Waals surface area (Å²) in [6.45, 7) is 3.39. The molecule has 1 atom stereocenters. The molecule has 2 heterocycles. The highest BCUT2D eigenvalue weighted by atomic mass is 16.5. The zero-order chi connectivity index (χ0) is 13.1. The third-order valence-corrected chi connectivity index (χ3v) is 3.19. The molecule has 1 aromatic heterocycles. The first-order valence-electron chi connectivity index (χ1n) is 6.45. The maximum Gasteiger partial charge on any atom is 0.243 e. The van der Waals surface area contributed by atoms with Crippen molar-refractivity contribution in [2.45, 2.75) is 6.10 Å². The molecule has 1 aliphatic rings. The maximum atomic E-state index is 5.68. The molecule has 0 amide bonds. The van der Waals surface area contributed by atoms with Crippen LogP contribution in [0.3, 0.4) is 0 Å². The van der Waals surface area contributed by atoms with Crippen molar-refractivity contribution in [1.29, 1.82) is 0 Å². The molecular formula is C13H17N5O. The van der Waals surface area contributed by atoms with Crippen molar-refractivity contribution >= 4 is 17.0 Å². The van der Waals surface area contributed by atoms with E-state index in [-0.39, 0.29) is 6.10 Å². The van der Waals surface area contributed by atoms with Gasteiger partial charge in [-0.2, -0.15) is 0 Å². The fourth-order valence-corrected chi connectivity index (χ4v) is 2.15. The molecule has 0 radical (unpaired) electrons. The van der Waals surface area contributed by atoms with Crippen LogP contribution in [0.15, 0.2) is 24.3 Å². The Morgan fingerprint density at radius 1 is 1.32 bits per heavy atom. The zero-order valence-electron chi connectivity index (χ0n) is 10.9. The average Bonchev–Trinajstić information content (AvgIpc) is 2.45. The lowest BCUT2D eigenvalue weighted by Gasteiger charge is -2.29. The van der Waals surface area contributed by atoms with Crippen LogP contribution in [0.5, 0.6) is 0 Å². The van der Waals surface area contributed by atoms with Gasteiger partial charge in [0.1, 0.15) is 5.52 Å². The highest BCUT2D eigenvalue weighted by Gasteiger charge is 2.17. The van der Waals surface area contributed by atoms with E-state index in [4.69, 9.17) is 4.74 Å². The Bertz CT molecular complexity index is 561. The van der Waals surface area contributed by atoms with Gasteiger partial charge in [-0.05, 0) is 19.2 Å². The van der Waals surface area contributed by atoms with E-state index in [0.29, 0.717) is 12.5 Å². The molecule has 3 rings (SSSR count). The molecule has 2 aromatic rings. The molecule has 6 heteroatoms. The number of morpholine rings is 1. The third-order valence-electron chi connectivity index (χ3n) is 3.19. The molecule has 0 bridgehead atoms. The summed E-state index contributed by atoms with van der Waals surface area (Å²) >= 11 is 0. The zero-order valence-corrected chi connectivity index (χ0v) is 10.9. The lowest BCUT2D eigenvalue weighted by Crippen LogP contribution is -2.43. The molecule has 6 nitrogen and oxygen atoms in total. The van der Waals surface area contributed by atoms with Crippen LogP contribution >= 0.6 is 0 Å². The predicted molar refractivity (Wildman–Crippen MR) is 73.1 cm³/mol. The number of hydrogen-bond donors (Lipinski definition) is 1. The van der Waals surface area contributed by atoms with E-state index >= 15 is 0 Å². The summed E-state index contributed by atoms with van der Waals surface area (Å²) in [7, 11) is 2.10. The highest BCUT2D eigenvalue weighted by Crippen LogP contribution is 2.09. The number of fused-ring (bicyclic) bond motifs is 1. The van der Waals surface area contributed by atoms with Crippen molar-refractivity contribution in [2.75, 3.05) is 38.6 Å². The third kappa shape index (κ3) is 2.97. The van der Waals surface area contributed by atoms with Crippen molar-refractivity contribution in [1.82, 2.24) is 20.1 Å². The second-order valence-corrected chi connectivity index (χ2v) is 4.76. The first kappa shape index (κ1) is 12.3. The Morgan fingerprint density at radius 2 is 2.16 bits per heavy atom. The van der Waals surface area contributed by atoms with Crippen LogP contribution in [-0.2, 0) is 4.74 Å². The maximum absolute atomic E-state index is 5.68. The SMILES string of the molecule is CN1CCOC(CNc2nnc3ccccc3n2)C1. The number of anilines is 1. The Labute approximate surface area is 111 Å². The molecule has 0 saturated carbocycles. The van der Waals surface area contributed by atoms with E-state index in [1.54, 1.807) is 0 Å². The smallest absolute Gasteiger partial charge is 0.243 e. The van der Waals surface area contributed by atoms with Gasteiger partial charge in [0, 0.05) is 19.6 Å². The van der Waals surface area contributed by atoms with Crippen molar-refractivity contribution < 1.29 is 4.74 Å². The molecule has 1 saturated heterocycles. The minimum atomic E-state index is 0.175. The van der Waals surface area contributed by atoms with Crippen molar-refractivity contribution in [3.8, 4) is 0 Å². The summed E-state index contributed by atoms with van der Waals surface area (Å²) in [5.74, 6) is 0.551. The topological polar surface area (TPSA) is 63.2 Å². The van der Waals surface area contributed by atoms with Gasteiger partial charge in [-0.3, -0.25) is 0 Å². The van der Waals surface area contributed by atoms with Gasteiger partial charge in [-0.15, -0.1) is 10.2 Å². The van der Waals surface area contributed by atoms with Crippen LogP contribution < -0.4 is 5.32 Å². The summed E-state index contributed by atoms with van der Waals surface area (Å²) in [6, 6.07) is 7.70. The van der Waals surface area contributed by atoms with E-state index in [9.17, 15) is 0 Å². The number of likely N-dealkylation sites (N-methyl/N-ethyl adjacent to an activating group) is 1. The van der Waals surface area contributed by atoms with E-state index in [1.165, 1.54) is 0 Å². The fraction of sp³-hybridized carbons (Fsp3) is 0.462. The fourth-order valence-electron chi connectivity index (χ4n) is 2.15. The molecule has 1 unspecified atom stereocenters. The van der Waals surface area contributed by atoms with Crippen LogP contribution in [0.1, 0.15) is 0 Å². The Hall–Kier alpha value is -1.79. The lowest BCUT2D eigenvalue weighted by atomic mass is 10.3. The molecular weight excluding hydrogens is 242 g/mol. The van der Waals surface area contributed by atoms with Gasteiger partial charge >= 0.3 is 0 Å². The standard InChI is InChI=1S/C13H17N5O/c1-18-6-7-19-10(9-18)8-14-13-15-11-4-2-3-5-12(11)16-17-13/h2-5,10H,6-9H2,1H3,(H,14,15,17). The van der Waals surface area contributed by atoms with E-state index in [2.05, 4.69) is 32.4 Å². The van der Waals surface area contributed by atoms with Crippen LogP contribution in [0.4, 0.5) is 5.95 Å². The number of benzene rings is 1. The van der Waals surface area contributed by atoms with Gasteiger partial charge < -0.3 is 15.0 Å². The van der Waals surface area contributed by atoms with Crippen LogP contribution in [0.25, 0.3) is 11.0 Å². The quantitative estimate of drug-likeness (QED) is 0.878. The number of rotatable bonds is 3. The first-order chi connectivity index (χ1) is 9.31. The number of nitrogens with zero attached hydrogens (tertiary/aromatic N) is 4. The summed E-state index contributed by atoms with van der Waals surface area (Å²) in [5.41, 5.74) is 1.66. The summed E-state index contributed by atoms with van der Waals surface area (Å²) in [4.78, 5) is 6.68. The molecule has 1 aromatic carbocycles. The molecule has 100 valence electrons. The average molecular weight is 259 g/mol. The number of nitrogens with one attached hydrogen (secondary N) is 1. The predicted octanol–water partition coefficient (Wildman–Crippen LogP) is 0.767. The van der Waals surface area contributed by atoms with E-state index < -0.39 is 0 Å². The van der Waals surface area contributed by atoms with Crippen molar-refractivity contribution in [3.63, 3.8) is 0 Å². The molecule has 1 fully saturated rings. The summed E-state index contributed by atoms with van der Waals surface area (Å²) in [5, 5.41) is 11.4. The number of para-hydroxylation sites is 1. The monoisotopic (exact) mass is 259 g/mol. The molecule has 1 aliphatic heterocycles. The Balaban J connectivity index is 1.64. The number of ether oxygens (including phenoxy) is 1. The molecule has 1 N–H and O–H groups in total. The van der Waals surface area contributed by atoms with Gasteiger partial charge in [0.15, 0.2) is 0 Å². The minimum absolute atomic E-state index is 0.175. The Kier molecular flexibility index (Phi) is 3.52. The summed E-state index contributed by atoms with van der Waals surface area (Å²) in [6.07, 6.45) is 0.175.